The van der Waals surface area contributed by atoms with Gasteiger partial charge in [0.1, 0.15) is 5.47 Å². The molecule has 0 aromatic heterocycles. The lowest BCUT2D eigenvalue weighted by atomic mass is 9.47. The predicted octanol–water partition coefficient (Wildman–Crippen LogP) is 9.47. The highest BCUT2D eigenvalue weighted by Gasteiger charge is 2.59. The highest BCUT2D eigenvalue weighted by Crippen LogP contribution is 2.73. The quantitative estimate of drug-likeness (QED) is 0.261. The van der Waals surface area contributed by atoms with E-state index in [1.165, 1.54) is 70.6 Å². The summed E-state index contributed by atoms with van der Waals surface area (Å²) in [7, 11) is 0. The Hall–Kier alpha value is 0.700. The minimum atomic E-state index is -1.63. The van der Waals surface area contributed by atoms with Crippen LogP contribution in [0, 0.1) is 46.3 Å². The van der Waals surface area contributed by atoms with Crippen molar-refractivity contribution >= 4 is 28.7 Å². The highest BCUT2D eigenvalue weighted by atomic mass is 32.9. The van der Waals surface area contributed by atoms with E-state index in [4.69, 9.17) is 16.3 Å². The lowest BCUT2D eigenvalue weighted by molar-refractivity contribution is -0.0498. The van der Waals surface area contributed by atoms with Crippen molar-refractivity contribution in [2.45, 2.75) is 111 Å². The SMILES string of the molecule is CC(C)CCC[C@@H](C)[C@H]1CC[C@H]2[C@@H]3CC=C4C[C@@H](P5(=S)OCCS5)CC[C@]4(C)[C@H]3CC[C@]12C. The summed E-state index contributed by atoms with van der Waals surface area (Å²) in [5.41, 5.74) is 1.85. The second-order valence-corrected chi connectivity index (χ2v) is 20.9. The molecule has 0 N–H and O–H groups in total. The maximum atomic E-state index is 6.21. The van der Waals surface area contributed by atoms with E-state index in [1.54, 1.807) is 5.57 Å². The molecule has 0 aromatic rings. The molecule has 1 saturated heterocycles. The molecule has 0 radical (unpaired) electrons. The van der Waals surface area contributed by atoms with Gasteiger partial charge >= 0.3 is 0 Å². The largest absolute Gasteiger partial charge is 0.340 e. The summed E-state index contributed by atoms with van der Waals surface area (Å²) in [4.78, 5) is 0. The third-order valence-electron chi connectivity index (χ3n) is 11.4. The standard InChI is InChI=1S/C29H49OPS2/c1-20(2)7-6-8-21(3)25-11-12-26-24-10-9-22-19-23(31(32)30-17-18-33-31)13-15-28(22,4)27(24)14-16-29(25,26)5/h9,20-21,23-27H,6-8,10-19H2,1-5H3/t21-,23+,24+,25-,26+,27+,28+,29-,31?/m1/s1. The Labute approximate surface area is 213 Å². The third kappa shape index (κ3) is 4.40. The summed E-state index contributed by atoms with van der Waals surface area (Å²) in [6.45, 7) is 13.6. The molecular formula is C29H49OPS2. The number of hydrogen-bond donors (Lipinski definition) is 0. The maximum Gasteiger partial charge on any atom is 0.122 e. The molecule has 0 aromatic carbocycles. The van der Waals surface area contributed by atoms with Crippen molar-refractivity contribution in [2.24, 2.45) is 46.3 Å². The van der Waals surface area contributed by atoms with E-state index in [2.05, 4.69) is 40.7 Å². The van der Waals surface area contributed by atoms with Crippen LogP contribution < -0.4 is 0 Å². The molecule has 1 nitrogen and oxygen atoms in total. The van der Waals surface area contributed by atoms with Crippen molar-refractivity contribution in [3.05, 3.63) is 11.6 Å². The number of fused-ring (bicyclic) bond motifs is 5. The zero-order valence-electron chi connectivity index (χ0n) is 22.0. The Morgan fingerprint density at radius 2 is 1.91 bits per heavy atom. The van der Waals surface area contributed by atoms with Gasteiger partial charge in [-0.05, 0) is 97.7 Å². The van der Waals surface area contributed by atoms with E-state index in [1.807, 2.05) is 11.4 Å². The summed E-state index contributed by atoms with van der Waals surface area (Å²) >= 11 is 8.12. The first-order chi connectivity index (χ1) is 15.7. The van der Waals surface area contributed by atoms with E-state index in [-0.39, 0.29) is 0 Å². The Morgan fingerprint density at radius 3 is 2.64 bits per heavy atom. The molecule has 0 amide bonds. The minimum absolute atomic E-state index is 0.445. The fourth-order valence-corrected chi connectivity index (χ4v) is 15.8. The van der Waals surface area contributed by atoms with Crippen molar-refractivity contribution in [3.8, 4) is 0 Å². The Kier molecular flexibility index (Phi) is 7.33. The van der Waals surface area contributed by atoms with Crippen LogP contribution in [0.4, 0.5) is 0 Å². The van der Waals surface area contributed by atoms with Crippen LogP contribution in [0.3, 0.4) is 0 Å². The van der Waals surface area contributed by atoms with Crippen molar-refractivity contribution in [2.75, 3.05) is 12.4 Å². The Morgan fingerprint density at radius 1 is 1.09 bits per heavy atom. The van der Waals surface area contributed by atoms with Crippen LogP contribution in [0.1, 0.15) is 105 Å². The smallest absolute Gasteiger partial charge is 0.122 e. The van der Waals surface area contributed by atoms with Crippen LogP contribution in [0.25, 0.3) is 0 Å². The van der Waals surface area contributed by atoms with E-state index >= 15 is 0 Å². The first-order valence-corrected chi connectivity index (χ1v) is 18.6. The number of hydrogen-bond acceptors (Lipinski definition) is 3. The first kappa shape index (κ1) is 25.4. The number of allylic oxidation sites excluding steroid dienone is 2. The fourth-order valence-electron chi connectivity index (χ4n) is 9.51. The lowest BCUT2D eigenvalue weighted by Crippen LogP contribution is -2.50. The Balaban J connectivity index is 1.30. The second-order valence-electron chi connectivity index (χ2n) is 13.4. The molecule has 4 heteroatoms. The molecule has 9 atom stereocenters. The van der Waals surface area contributed by atoms with Crippen molar-refractivity contribution < 1.29 is 4.52 Å². The van der Waals surface area contributed by atoms with Gasteiger partial charge < -0.3 is 4.52 Å². The molecule has 5 aliphatic rings. The molecule has 4 fully saturated rings. The average molecular weight is 509 g/mol. The minimum Gasteiger partial charge on any atom is -0.340 e. The van der Waals surface area contributed by atoms with Gasteiger partial charge in [0.25, 0.3) is 0 Å². The molecule has 0 bridgehead atoms. The van der Waals surface area contributed by atoms with Gasteiger partial charge in [0, 0.05) is 11.4 Å². The number of rotatable bonds is 6. The van der Waals surface area contributed by atoms with Crippen LogP contribution in [-0.2, 0) is 16.3 Å². The molecule has 1 aliphatic heterocycles. The van der Waals surface area contributed by atoms with Gasteiger partial charge in [-0.1, -0.05) is 88.7 Å². The second kappa shape index (κ2) is 9.54. The Bertz CT molecular complexity index is 797. The van der Waals surface area contributed by atoms with Gasteiger partial charge in [0.2, 0.25) is 0 Å². The van der Waals surface area contributed by atoms with Gasteiger partial charge in [-0.25, -0.2) is 0 Å². The van der Waals surface area contributed by atoms with Crippen LogP contribution in [-0.4, -0.2) is 18.0 Å². The molecule has 0 spiro atoms. The highest BCUT2D eigenvalue weighted by molar-refractivity contribution is 8.69. The predicted molar refractivity (Wildman–Crippen MR) is 150 cm³/mol. The molecule has 3 saturated carbocycles. The first-order valence-electron chi connectivity index (χ1n) is 14.3. The van der Waals surface area contributed by atoms with Crippen LogP contribution >= 0.6 is 16.8 Å². The maximum absolute atomic E-state index is 6.21. The molecule has 33 heavy (non-hydrogen) atoms. The topological polar surface area (TPSA) is 9.23 Å². The fraction of sp³-hybridized carbons (Fsp3) is 0.931. The molecule has 188 valence electrons. The van der Waals surface area contributed by atoms with Crippen LogP contribution in [0.5, 0.6) is 0 Å². The molecule has 1 heterocycles. The van der Waals surface area contributed by atoms with Crippen molar-refractivity contribution in [1.29, 1.82) is 0 Å². The van der Waals surface area contributed by atoms with Gasteiger partial charge in [0.05, 0.1) is 6.61 Å². The van der Waals surface area contributed by atoms with Crippen LogP contribution in [0.15, 0.2) is 11.6 Å². The summed E-state index contributed by atoms with van der Waals surface area (Å²) in [5, 5.41) is 0. The monoisotopic (exact) mass is 508 g/mol. The van der Waals surface area contributed by atoms with Gasteiger partial charge in [-0.3, -0.25) is 0 Å². The van der Waals surface area contributed by atoms with E-state index in [0.717, 1.165) is 47.9 Å². The van der Waals surface area contributed by atoms with Gasteiger partial charge in [-0.2, -0.15) is 0 Å². The third-order valence-corrected chi connectivity index (χ3v) is 18.9. The van der Waals surface area contributed by atoms with Gasteiger partial charge in [-0.15, -0.1) is 0 Å². The normalized spacial score (nSPS) is 48.2. The van der Waals surface area contributed by atoms with E-state index in [9.17, 15) is 0 Å². The lowest BCUT2D eigenvalue weighted by Gasteiger charge is -2.59. The average Bonchev–Trinajstić information content (AvgIpc) is 3.36. The van der Waals surface area contributed by atoms with E-state index < -0.39 is 5.47 Å². The van der Waals surface area contributed by atoms with Crippen molar-refractivity contribution in [3.63, 3.8) is 0 Å². The summed E-state index contributed by atoms with van der Waals surface area (Å²) in [6.07, 6.45) is 18.3. The zero-order chi connectivity index (χ0) is 23.4. The summed E-state index contributed by atoms with van der Waals surface area (Å²) in [5.74, 6) is 6.68. The summed E-state index contributed by atoms with van der Waals surface area (Å²) < 4.78 is 6.21. The van der Waals surface area contributed by atoms with E-state index in [0.29, 0.717) is 16.5 Å². The molecule has 1 unspecified atom stereocenters. The summed E-state index contributed by atoms with van der Waals surface area (Å²) in [6, 6.07) is 0. The van der Waals surface area contributed by atoms with Crippen LogP contribution in [0.2, 0.25) is 0 Å². The van der Waals surface area contributed by atoms with Gasteiger partial charge in [0.15, 0.2) is 0 Å². The molecule has 5 rings (SSSR count). The van der Waals surface area contributed by atoms with Crippen molar-refractivity contribution in [1.82, 2.24) is 0 Å². The zero-order valence-corrected chi connectivity index (χ0v) is 24.5. The molecular weight excluding hydrogens is 459 g/mol. The molecule has 4 aliphatic carbocycles.